The molecule has 0 aliphatic carbocycles. The highest BCUT2D eigenvalue weighted by molar-refractivity contribution is 8.14. The highest BCUT2D eigenvalue weighted by Crippen LogP contribution is 2.44. The van der Waals surface area contributed by atoms with E-state index in [1.54, 1.807) is 11.8 Å². The van der Waals surface area contributed by atoms with E-state index < -0.39 is 0 Å². The van der Waals surface area contributed by atoms with Gasteiger partial charge < -0.3 is 9.47 Å². The Morgan fingerprint density at radius 3 is 2.63 bits per heavy atom. The number of hydrogen-bond acceptors (Lipinski definition) is 5. The third-order valence-corrected chi connectivity index (χ3v) is 6.04. The summed E-state index contributed by atoms with van der Waals surface area (Å²) in [4.78, 5) is 17.5. The van der Waals surface area contributed by atoms with Crippen molar-refractivity contribution in [3.63, 3.8) is 0 Å². The maximum Gasteiger partial charge on any atom is 0.271 e. The minimum absolute atomic E-state index is 0.0484. The first kappa shape index (κ1) is 18.4. The Kier molecular flexibility index (Phi) is 5.14. The lowest BCUT2D eigenvalue weighted by Crippen LogP contribution is -2.21. The van der Waals surface area contributed by atoms with Crippen molar-refractivity contribution in [3.05, 3.63) is 45.7 Å². The summed E-state index contributed by atoms with van der Waals surface area (Å²) in [5.41, 5.74) is 1.78. The number of nitrogens with zero attached hydrogens (tertiary/aromatic N) is 2. The Morgan fingerprint density at radius 2 is 1.96 bits per heavy atom. The molecule has 1 atom stereocenters. The first-order valence-corrected chi connectivity index (χ1v) is 10.3. The number of hydrogen-bond donors (Lipinski definition) is 1. The molecule has 27 heavy (non-hydrogen) atoms. The summed E-state index contributed by atoms with van der Waals surface area (Å²) < 4.78 is 13.2. The number of aliphatic imine (C=N–C) groups is 1. The largest absolute Gasteiger partial charge is 0.491 e. The quantitative estimate of drug-likeness (QED) is 0.854. The van der Waals surface area contributed by atoms with Crippen molar-refractivity contribution < 1.29 is 9.47 Å². The van der Waals surface area contributed by atoms with Crippen LogP contribution >= 0.6 is 11.8 Å². The molecule has 0 bridgehead atoms. The smallest absolute Gasteiger partial charge is 0.271 e. The molecule has 1 saturated heterocycles. The molecule has 3 heterocycles. The highest BCUT2D eigenvalue weighted by Gasteiger charge is 2.32. The molecular weight excluding hydrogens is 362 g/mol. The van der Waals surface area contributed by atoms with E-state index in [4.69, 9.17) is 14.5 Å². The molecule has 0 amide bonds. The van der Waals surface area contributed by atoms with Crippen molar-refractivity contribution in [3.8, 4) is 5.75 Å². The van der Waals surface area contributed by atoms with Gasteiger partial charge in [0.25, 0.3) is 5.56 Å². The maximum atomic E-state index is 12.8. The average molecular weight is 388 g/mol. The number of rotatable bonds is 4. The number of H-pyrrole nitrogens is 1. The van der Waals surface area contributed by atoms with Crippen LogP contribution in [0.3, 0.4) is 0 Å². The molecule has 1 aromatic heterocycles. The van der Waals surface area contributed by atoms with Crippen LogP contribution in [0.25, 0.3) is 0 Å². The van der Waals surface area contributed by atoms with Crippen LogP contribution in [0.5, 0.6) is 5.75 Å². The summed E-state index contributed by atoms with van der Waals surface area (Å²) in [7, 11) is 0. The molecule has 2 aliphatic rings. The minimum atomic E-state index is -0.0598. The molecule has 0 unspecified atom stereocenters. The van der Waals surface area contributed by atoms with E-state index in [1.807, 2.05) is 49.7 Å². The molecule has 2 aliphatic heterocycles. The third-order valence-electron chi connectivity index (χ3n) is 4.86. The van der Waals surface area contributed by atoms with Crippen molar-refractivity contribution in [2.24, 2.45) is 4.99 Å². The number of ether oxygens (including phenoxy) is 2. The van der Waals surface area contributed by atoms with Crippen LogP contribution in [0.15, 0.2) is 34.1 Å². The number of aromatic nitrogens is 2. The Bertz CT molecular complexity index is 892. The van der Waals surface area contributed by atoms with E-state index in [2.05, 4.69) is 5.10 Å². The molecule has 7 heteroatoms. The van der Waals surface area contributed by atoms with Crippen LogP contribution in [0.1, 0.15) is 56.0 Å². The summed E-state index contributed by atoms with van der Waals surface area (Å²) in [6.45, 7) is 7.46. The average Bonchev–Trinajstić information content (AvgIpc) is 2.98. The van der Waals surface area contributed by atoms with Crippen molar-refractivity contribution in [2.45, 2.75) is 51.0 Å². The standard InChI is InChI=1S/C20H25N3O3S/c1-12(2)26-16-6-4-14(5-7-16)18-17-19(21-13(3)27-18)23(22-20(17)24)15-8-10-25-11-9-15/h4-7,12,15,18H,8-11H2,1-3H3,(H,22,24)/t18-/m1/s1. The predicted molar refractivity (Wildman–Crippen MR) is 109 cm³/mol. The highest BCUT2D eigenvalue weighted by atomic mass is 32.2. The minimum Gasteiger partial charge on any atom is -0.491 e. The zero-order valence-electron chi connectivity index (χ0n) is 15.9. The van der Waals surface area contributed by atoms with Crippen LogP contribution < -0.4 is 10.3 Å². The number of benzene rings is 1. The zero-order chi connectivity index (χ0) is 19.0. The van der Waals surface area contributed by atoms with Gasteiger partial charge in [0.05, 0.1) is 28.0 Å². The van der Waals surface area contributed by atoms with Gasteiger partial charge in [0.1, 0.15) is 5.75 Å². The Balaban J connectivity index is 1.70. The fourth-order valence-corrected chi connectivity index (χ4v) is 4.75. The first-order valence-electron chi connectivity index (χ1n) is 9.43. The fraction of sp³-hybridized carbons (Fsp3) is 0.500. The zero-order valence-corrected chi connectivity index (χ0v) is 16.7. The van der Waals surface area contributed by atoms with Crippen LogP contribution in [0.4, 0.5) is 5.82 Å². The SMILES string of the molecule is CC1=Nc2c(c(=O)[nH]n2C2CCOCC2)[C@@H](c2ccc(OC(C)C)cc2)S1. The van der Waals surface area contributed by atoms with E-state index in [1.165, 1.54) is 0 Å². The van der Waals surface area contributed by atoms with Crippen molar-refractivity contribution >= 4 is 22.6 Å². The molecule has 0 radical (unpaired) electrons. The summed E-state index contributed by atoms with van der Waals surface area (Å²) in [5, 5.41) is 3.95. The van der Waals surface area contributed by atoms with Crippen molar-refractivity contribution in [1.29, 1.82) is 0 Å². The van der Waals surface area contributed by atoms with Gasteiger partial charge in [0.15, 0.2) is 5.82 Å². The second kappa shape index (κ2) is 7.56. The topological polar surface area (TPSA) is 68.6 Å². The monoisotopic (exact) mass is 387 g/mol. The summed E-state index contributed by atoms with van der Waals surface area (Å²) in [5.74, 6) is 1.62. The van der Waals surface area contributed by atoms with E-state index in [0.717, 1.165) is 53.8 Å². The Labute approximate surface area is 163 Å². The molecule has 1 fully saturated rings. The van der Waals surface area contributed by atoms with E-state index in [9.17, 15) is 4.79 Å². The Hall–Kier alpha value is -1.99. The normalized spacial score (nSPS) is 20.4. The summed E-state index contributed by atoms with van der Waals surface area (Å²) >= 11 is 1.63. The lowest BCUT2D eigenvalue weighted by atomic mass is 10.1. The van der Waals surface area contributed by atoms with E-state index in [0.29, 0.717) is 0 Å². The summed E-state index contributed by atoms with van der Waals surface area (Å²) in [6, 6.07) is 8.27. The molecule has 0 spiro atoms. The number of aromatic amines is 1. The lowest BCUT2D eigenvalue weighted by molar-refractivity contribution is 0.0666. The predicted octanol–water partition coefficient (Wildman–Crippen LogP) is 4.20. The van der Waals surface area contributed by atoms with Crippen LogP contribution in [-0.2, 0) is 4.74 Å². The Morgan fingerprint density at radius 1 is 1.26 bits per heavy atom. The van der Waals surface area contributed by atoms with Gasteiger partial charge >= 0.3 is 0 Å². The molecule has 2 aromatic rings. The molecular formula is C20H25N3O3S. The van der Waals surface area contributed by atoms with Gasteiger partial charge in [0.2, 0.25) is 0 Å². The van der Waals surface area contributed by atoms with Gasteiger partial charge in [-0.1, -0.05) is 23.9 Å². The van der Waals surface area contributed by atoms with Gasteiger partial charge in [-0.2, -0.15) is 0 Å². The molecule has 144 valence electrons. The van der Waals surface area contributed by atoms with Crippen LogP contribution in [0.2, 0.25) is 0 Å². The molecule has 0 saturated carbocycles. The molecule has 1 N–H and O–H groups in total. The van der Waals surface area contributed by atoms with Crippen molar-refractivity contribution in [2.75, 3.05) is 13.2 Å². The fourth-order valence-electron chi connectivity index (χ4n) is 3.64. The lowest BCUT2D eigenvalue weighted by Gasteiger charge is -2.26. The second-order valence-electron chi connectivity index (χ2n) is 7.26. The van der Waals surface area contributed by atoms with Gasteiger partial charge in [0, 0.05) is 13.2 Å². The van der Waals surface area contributed by atoms with E-state index in [-0.39, 0.29) is 23.0 Å². The summed E-state index contributed by atoms with van der Waals surface area (Å²) in [6.07, 6.45) is 1.92. The molecule has 6 nitrogen and oxygen atoms in total. The van der Waals surface area contributed by atoms with Crippen LogP contribution in [-0.4, -0.2) is 34.1 Å². The second-order valence-corrected chi connectivity index (χ2v) is 8.55. The van der Waals surface area contributed by atoms with Gasteiger partial charge in [-0.3, -0.25) is 14.6 Å². The van der Waals surface area contributed by atoms with Crippen LogP contribution in [0, 0.1) is 0 Å². The van der Waals surface area contributed by atoms with Gasteiger partial charge in [-0.25, -0.2) is 4.99 Å². The maximum absolute atomic E-state index is 12.8. The van der Waals surface area contributed by atoms with Crippen molar-refractivity contribution in [1.82, 2.24) is 9.78 Å². The number of nitrogens with one attached hydrogen (secondary N) is 1. The van der Waals surface area contributed by atoms with E-state index >= 15 is 0 Å². The first-order chi connectivity index (χ1) is 13.0. The number of fused-ring (bicyclic) bond motifs is 1. The van der Waals surface area contributed by atoms with Gasteiger partial charge in [-0.15, -0.1) is 0 Å². The molecule has 4 rings (SSSR count). The number of thioether (sulfide) groups is 1. The molecule has 1 aromatic carbocycles. The third kappa shape index (κ3) is 3.71. The van der Waals surface area contributed by atoms with Gasteiger partial charge in [-0.05, 0) is 51.3 Å².